The molecule has 72 valence electrons. The summed E-state index contributed by atoms with van der Waals surface area (Å²) in [6.07, 6.45) is 0. The van der Waals surface area contributed by atoms with Gasteiger partial charge in [0.05, 0.1) is 10.4 Å². The van der Waals surface area contributed by atoms with E-state index < -0.39 is 5.97 Å². The van der Waals surface area contributed by atoms with Gasteiger partial charge in [0.25, 0.3) is 0 Å². The largest absolute Gasteiger partial charge is 0.507 e. The van der Waals surface area contributed by atoms with E-state index in [1.165, 1.54) is 6.07 Å². The molecule has 1 aromatic carbocycles. The smallest absolute Gasteiger partial charge is 0.347 e. The summed E-state index contributed by atoms with van der Waals surface area (Å²) in [6.45, 7) is 0. The summed E-state index contributed by atoms with van der Waals surface area (Å²) in [5, 5.41) is 18.8. The molecule has 1 aromatic heterocycles. The SMILES string of the molecule is O=C(O)c1sc2cccc(O)c2c1Cl. The van der Waals surface area contributed by atoms with Crippen molar-refractivity contribution in [1.82, 2.24) is 0 Å². The summed E-state index contributed by atoms with van der Waals surface area (Å²) in [7, 11) is 0. The van der Waals surface area contributed by atoms with Crippen molar-refractivity contribution in [2.45, 2.75) is 0 Å². The van der Waals surface area contributed by atoms with Crippen LogP contribution < -0.4 is 0 Å². The summed E-state index contributed by atoms with van der Waals surface area (Å²) < 4.78 is 0.674. The van der Waals surface area contributed by atoms with Crippen molar-refractivity contribution >= 4 is 39.0 Å². The van der Waals surface area contributed by atoms with Crippen LogP contribution in [0, 0.1) is 0 Å². The van der Waals surface area contributed by atoms with Gasteiger partial charge in [0.15, 0.2) is 0 Å². The van der Waals surface area contributed by atoms with Crippen LogP contribution in [0.2, 0.25) is 5.02 Å². The first-order valence-corrected chi connectivity index (χ1v) is 4.94. The van der Waals surface area contributed by atoms with E-state index in [4.69, 9.17) is 16.7 Å². The number of benzene rings is 1. The monoisotopic (exact) mass is 228 g/mol. The van der Waals surface area contributed by atoms with E-state index >= 15 is 0 Å². The molecule has 0 radical (unpaired) electrons. The Hall–Kier alpha value is -1.26. The van der Waals surface area contributed by atoms with Gasteiger partial charge in [-0.25, -0.2) is 4.79 Å². The predicted octanol–water partition coefficient (Wildman–Crippen LogP) is 2.96. The lowest BCUT2D eigenvalue weighted by molar-refractivity contribution is 0.0702. The third kappa shape index (κ3) is 1.23. The summed E-state index contributed by atoms with van der Waals surface area (Å²) in [6, 6.07) is 4.85. The van der Waals surface area contributed by atoms with Crippen molar-refractivity contribution in [1.29, 1.82) is 0 Å². The minimum Gasteiger partial charge on any atom is -0.507 e. The average molecular weight is 229 g/mol. The van der Waals surface area contributed by atoms with Gasteiger partial charge in [-0.1, -0.05) is 17.7 Å². The Kier molecular flexibility index (Phi) is 2.09. The van der Waals surface area contributed by atoms with Crippen LogP contribution in [0.4, 0.5) is 0 Å². The highest BCUT2D eigenvalue weighted by Gasteiger charge is 2.17. The Labute approximate surface area is 88.2 Å². The molecular weight excluding hydrogens is 224 g/mol. The maximum atomic E-state index is 10.7. The zero-order valence-corrected chi connectivity index (χ0v) is 8.39. The summed E-state index contributed by atoms with van der Waals surface area (Å²) in [5.41, 5.74) is 0. The van der Waals surface area contributed by atoms with E-state index in [9.17, 15) is 9.90 Å². The van der Waals surface area contributed by atoms with Crippen LogP contribution in [0.1, 0.15) is 9.67 Å². The fraction of sp³-hybridized carbons (Fsp3) is 0. The molecule has 0 bridgehead atoms. The highest BCUT2D eigenvalue weighted by Crippen LogP contribution is 2.39. The molecule has 14 heavy (non-hydrogen) atoms. The van der Waals surface area contributed by atoms with Crippen LogP contribution in [0.3, 0.4) is 0 Å². The number of aromatic carboxylic acids is 1. The van der Waals surface area contributed by atoms with Crippen LogP contribution in [0.25, 0.3) is 10.1 Å². The third-order valence-electron chi connectivity index (χ3n) is 1.83. The van der Waals surface area contributed by atoms with Gasteiger partial charge in [0.2, 0.25) is 0 Å². The Morgan fingerprint density at radius 1 is 1.43 bits per heavy atom. The van der Waals surface area contributed by atoms with Crippen molar-refractivity contribution in [2.75, 3.05) is 0 Å². The fourth-order valence-corrected chi connectivity index (χ4v) is 2.64. The van der Waals surface area contributed by atoms with E-state index in [-0.39, 0.29) is 15.6 Å². The van der Waals surface area contributed by atoms with Gasteiger partial charge >= 0.3 is 5.97 Å². The minimum atomic E-state index is -1.07. The number of phenols is 1. The van der Waals surface area contributed by atoms with Crippen LogP contribution >= 0.6 is 22.9 Å². The predicted molar refractivity (Wildman–Crippen MR) is 55.5 cm³/mol. The third-order valence-corrected chi connectivity index (χ3v) is 3.46. The standard InChI is InChI=1S/C9H5ClO3S/c10-7-6-4(11)2-1-3-5(6)14-8(7)9(12)13/h1-3,11H,(H,12,13). The molecule has 2 N–H and O–H groups in total. The zero-order chi connectivity index (χ0) is 10.3. The lowest BCUT2D eigenvalue weighted by Crippen LogP contribution is -1.91. The summed E-state index contributed by atoms with van der Waals surface area (Å²) in [4.78, 5) is 10.8. The molecule has 5 heteroatoms. The number of hydrogen-bond acceptors (Lipinski definition) is 3. The van der Waals surface area contributed by atoms with E-state index in [2.05, 4.69) is 0 Å². The second kappa shape index (κ2) is 3.15. The molecule has 0 spiro atoms. The topological polar surface area (TPSA) is 57.5 Å². The van der Waals surface area contributed by atoms with Crippen LogP contribution in [-0.4, -0.2) is 16.2 Å². The molecule has 0 amide bonds. The first kappa shape index (κ1) is 9.30. The van der Waals surface area contributed by atoms with Crippen LogP contribution in [0.15, 0.2) is 18.2 Å². The summed E-state index contributed by atoms with van der Waals surface area (Å²) >= 11 is 6.88. The lowest BCUT2D eigenvalue weighted by atomic mass is 10.2. The number of carbonyl (C=O) groups is 1. The van der Waals surface area contributed by atoms with Crippen LogP contribution in [0.5, 0.6) is 5.75 Å². The number of halogens is 1. The highest BCUT2D eigenvalue weighted by molar-refractivity contribution is 7.21. The van der Waals surface area contributed by atoms with E-state index in [0.717, 1.165) is 11.3 Å². The first-order chi connectivity index (χ1) is 6.61. The molecule has 2 rings (SSSR count). The fourth-order valence-electron chi connectivity index (χ4n) is 1.23. The number of rotatable bonds is 1. The van der Waals surface area contributed by atoms with Gasteiger partial charge in [0.1, 0.15) is 10.6 Å². The highest BCUT2D eigenvalue weighted by atomic mass is 35.5. The molecule has 3 nitrogen and oxygen atoms in total. The number of aromatic hydroxyl groups is 1. The summed E-state index contributed by atoms with van der Waals surface area (Å²) in [5.74, 6) is -1.06. The number of phenolic OH excluding ortho intramolecular Hbond substituents is 1. The van der Waals surface area contributed by atoms with Crippen molar-refractivity contribution in [2.24, 2.45) is 0 Å². The van der Waals surface area contributed by atoms with Gasteiger partial charge in [-0.15, -0.1) is 11.3 Å². The number of carboxylic acid groups (broad SMARTS) is 1. The second-order valence-electron chi connectivity index (χ2n) is 2.70. The molecule has 0 unspecified atom stereocenters. The number of hydrogen-bond donors (Lipinski definition) is 2. The normalized spacial score (nSPS) is 10.6. The Bertz CT molecular complexity index is 518. The molecule has 0 saturated carbocycles. The molecule has 0 fully saturated rings. The second-order valence-corrected chi connectivity index (χ2v) is 4.13. The molecule has 1 heterocycles. The van der Waals surface area contributed by atoms with Gasteiger partial charge in [-0.3, -0.25) is 0 Å². The quantitative estimate of drug-likeness (QED) is 0.789. The molecule has 0 aliphatic rings. The maximum Gasteiger partial charge on any atom is 0.347 e. The number of carboxylic acids is 1. The molecular formula is C9H5ClO3S. The van der Waals surface area contributed by atoms with E-state index in [1.54, 1.807) is 12.1 Å². The molecule has 0 aliphatic carbocycles. The van der Waals surface area contributed by atoms with Gasteiger partial charge in [-0.2, -0.15) is 0 Å². The Morgan fingerprint density at radius 2 is 2.14 bits per heavy atom. The Morgan fingerprint density at radius 3 is 2.71 bits per heavy atom. The first-order valence-electron chi connectivity index (χ1n) is 3.74. The molecule has 0 saturated heterocycles. The Balaban J connectivity index is 2.87. The van der Waals surface area contributed by atoms with Gasteiger partial charge < -0.3 is 10.2 Å². The van der Waals surface area contributed by atoms with Gasteiger partial charge in [0, 0.05) is 4.70 Å². The average Bonchev–Trinajstić information content (AvgIpc) is 2.45. The van der Waals surface area contributed by atoms with Crippen molar-refractivity contribution in [3.8, 4) is 5.75 Å². The van der Waals surface area contributed by atoms with E-state index in [0.29, 0.717) is 10.1 Å². The molecule has 0 aliphatic heterocycles. The van der Waals surface area contributed by atoms with Crippen molar-refractivity contribution in [3.05, 3.63) is 28.1 Å². The van der Waals surface area contributed by atoms with Crippen molar-refractivity contribution < 1.29 is 15.0 Å². The maximum absolute atomic E-state index is 10.7. The molecule has 0 atom stereocenters. The van der Waals surface area contributed by atoms with Crippen molar-refractivity contribution in [3.63, 3.8) is 0 Å². The zero-order valence-electron chi connectivity index (χ0n) is 6.82. The van der Waals surface area contributed by atoms with Crippen LogP contribution in [-0.2, 0) is 0 Å². The van der Waals surface area contributed by atoms with E-state index in [1.807, 2.05) is 0 Å². The minimum absolute atomic E-state index is 0.0104. The number of thiophene rings is 1. The lowest BCUT2D eigenvalue weighted by Gasteiger charge is -1.93. The van der Waals surface area contributed by atoms with Gasteiger partial charge in [-0.05, 0) is 12.1 Å². The molecule has 2 aromatic rings. The number of fused-ring (bicyclic) bond motifs is 1.